The average Bonchev–Trinajstić information content (AvgIpc) is 3.15. The number of amidine groups is 1. The van der Waals surface area contributed by atoms with Gasteiger partial charge in [-0.3, -0.25) is 4.79 Å². The van der Waals surface area contributed by atoms with Crippen molar-refractivity contribution in [2.45, 2.75) is 32.9 Å². The van der Waals surface area contributed by atoms with Crippen LogP contribution in [0.5, 0.6) is 0 Å². The standard InChI is InChI=1S/C29H28N4O3/c1-2-11-33(16-18-3-9-24(30)10-4-18)28(34)23-12-21-7-5-20(14-26(21)32-27(31)15-23)19-6-8-22-17-36-29(35)25(22)13-19/h3-10,12-14H,2,11,15-17,30H2,1H3,(H2,31,32). The third-order valence-electron chi connectivity index (χ3n) is 6.43. The van der Waals surface area contributed by atoms with Gasteiger partial charge in [0.2, 0.25) is 0 Å². The lowest BCUT2D eigenvalue weighted by Gasteiger charge is -2.23. The second-order valence-corrected chi connectivity index (χ2v) is 9.14. The van der Waals surface area contributed by atoms with Gasteiger partial charge < -0.3 is 21.1 Å². The molecule has 4 N–H and O–H groups in total. The molecule has 36 heavy (non-hydrogen) atoms. The summed E-state index contributed by atoms with van der Waals surface area (Å²) < 4.78 is 5.12. The zero-order chi connectivity index (χ0) is 25.2. The van der Waals surface area contributed by atoms with Crippen molar-refractivity contribution in [3.8, 4) is 11.1 Å². The van der Waals surface area contributed by atoms with E-state index in [2.05, 4.69) is 11.9 Å². The molecule has 182 valence electrons. The lowest BCUT2D eigenvalue weighted by molar-refractivity contribution is -0.127. The van der Waals surface area contributed by atoms with Crippen molar-refractivity contribution in [1.29, 1.82) is 0 Å². The lowest BCUT2D eigenvalue weighted by Crippen LogP contribution is -2.33. The number of anilines is 1. The molecule has 0 bridgehead atoms. The minimum atomic E-state index is -0.300. The number of esters is 1. The molecule has 0 spiro atoms. The summed E-state index contributed by atoms with van der Waals surface area (Å²) >= 11 is 0. The van der Waals surface area contributed by atoms with Crippen LogP contribution < -0.4 is 11.5 Å². The van der Waals surface area contributed by atoms with E-state index in [9.17, 15) is 9.59 Å². The predicted molar refractivity (Wildman–Crippen MR) is 141 cm³/mol. The highest BCUT2D eigenvalue weighted by atomic mass is 16.5. The summed E-state index contributed by atoms with van der Waals surface area (Å²) in [6, 6.07) is 19.2. The van der Waals surface area contributed by atoms with Gasteiger partial charge in [0.1, 0.15) is 12.4 Å². The maximum atomic E-state index is 13.6. The van der Waals surface area contributed by atoms with Gasteiger partial charge in [-0.05, 0) is 53.5 Å². The van der Waals surface area contributed by atoms with E-state index < -0.39 is 0 Å². The first kappa shape index (κ1) is 23.4. The molecule has 0 unspecified atom stereocenters. The number of hydrogen-bond acceptors (Lipinski definition) is 6. The quantitative estimate of drug-likeness (QED) is 0.388. The fourth-order valence-electron chi connectivity index (χ4n) is 4.57. The molecule has 1 amide bonds. The lowest BCUT2D eigenvalue weighted by atomic mass is 9.98. The second kappa shape index (κ2) is 9.70. The zero-order valence-electron chi connectivity index (χ0n) is 20.2. The first-order valence-electron chi connectivity index (χ1n) is 12.0. The van der Waals surface area contributed by atoms with Gasteiger partial charge in [0.25, 0.3) is 5.91 Å². The average molecular weight is 481 g/mol. The second-order valence-electron chi connectivity index (χ2n) is 9.14. The van der Waals surface area contributed by atoms with Gasteiger partial charge >= 0.3 is 5.97 Å². The van der Waals surface area contributed by atoms with Crippen LogP contribution >= 0.6 is 0 Å². The minimum Gasteiger partial charge on any atom is -0.457 e. The molecule has 2 heterocycles. The van der Waals surface area contributed by atoms with E-state index in [1.165, 1.54) is 0 Å². The molecule has 0 saturated heterocycles. The van der Waals surface area contributed by atoms with Crippen LogP contribution in [-0.4, -0.2) is 29.2 Å². The fraction of sp³-hybridized carbons (Fsp3) is 0.207. The largest absolute Gasteiger partial charge is 0.457 e. The van der Waals surface area contributed by atoms with Gasteiger partial charge in [-0.15, -0.1) is 0 Å². The van der Waals surface area contributed by atoms with Crippen LogP contribution in [0.3, 0.4) is 0 Å². The summed E-state index contributed by atoms with van der Waals surface area (Å²) in [4.78, 5) is 32.0. The summed E-state index contributed by atoms with van der Waals surface area (Å²) in [5.74, 6) is 0.0263. The Kier molecular flexibility index (Phi) is 6.29. The SMILES string of the molecule is CCCN(Cc1ccc(N)cc1)C(=O)C1=Cc2ccc(-c3ccc4c(c3)C(=O)OC4)cc2N=C(N)C1. The minimum absolute atomic E-state index is 0.0547. The molecule has 2 aliphatic heterocycles. The summed E-state index contributed by atoms with van der Waals surface area (Å²) in [5, 5.41) is 0. The number of hydrogen-bond donors (Lipinski definition) is 2. The highest BCUT2D eigenvalue weighted by molar-refractivity contribution is 6.05. The van der Waals surface area contributed by atoms with E-state index in [-0.39, 0.29) is 18.3 Å². The number of nitrogens with zero attached hydrogens (tertiary/aromatic N) is 2. The third-order valence-corrected chi connectivity index (χ3v) is 6.43. The molecule has 0 atom stereocenters. The van der Waals surface area contributed by atoms with Crippen LogP contribution in [0, 0.1) is 0 Å². The number of cyclic esters (lactones) is 1. The van der Waals surface area contributed by atoms with Crippen molar-refractivity contribution in [2.75, 3.05) is 12.3 Å². The Labute approximate surface area is 210 Å². The molecule has 0 fully saturated rings. The highest BCUT2D eigenvalue weighted by Crippen LogP contribution is 2.34. The summed E-state index contributed by atoms with van der Waals surface area (Å²) in [7, 11) is 0. The predicted octanol–water partition coefficient (Wildman–Crippen LogP) is 4.82. The maximum Gasteiger partial charge on any atom is 0.338 e. The first-order valence-corrected chi connectivity index (χ1v) is 12.0. The molecule has 3 aromatic rings. The van der Waals surface area contributed by atoms with Crippen molar-refractivity contribution in [3.05, 3.63) is 88.5 Å². The van der Waals surface area contributed by atoms with E-state index in [1.807, 2.05) is 71.6 Å². The Morgan fingerprint density at radius 2 is 1.78 bits per heavy atom. The number of benzene rings is 3. The van der Waals surface area contributed by atoms with E-state index in [0.717, 1.165) is 34.2 Å². The Hall–Kier alpha value is -4.39. The Bertz CT molecular complexity index is 1410. The van der Waals surface area contributed by atoms with E-state index in [4.69, 9.17) is 16.2 Å². The van der Waals surface area contributed by atoms with Crippen LogP contribution in [0.2, 0.25) is 0 Å². The molecular formula is C29H28N4O3. The van der Waals surface area contributed by atoms with Crippen molar-refractivity contribution in [3.63, 3.8) is 0 Å². The van der Waals surface area contributed by atoms with E-state index in [0.29, 0.717) is 48.0 Å². The van der Waals surface area contributed by atoms with Gasteiger partial charge in [-0.1, -0.05) is 43.3 Å². The third kappa shape index (κ3) is 4.73. The number of carbonyl (C=O) groups excluding carboxylic acids is 2. The van der Waals surface area contributed by atoms with Crippen LogP contribution in [0.25, 0.3) is 17.2 Å². The molecule has 2 aliphatic rings. The molecule has 0 aromatic heterocycles. The van der Waals surface area contributed by atoms with E-state index in [1.54, 1.807) is 0 Å². The van der Waals surface area contributed by atoms with Crippen LogP contribution in [-0.2, 0) is 22.7 Å². The van der Waals surface area contributed by atoms with Crippen LogP contribution in [0.4, 0.5) is 11.4 Å². The number of nitrogens with two attached hydrogens (primary N) is 2. The van der Waals surface area contributed by atoms with Crippen molar-refractivity contribution in [2.24, 2.45) is 10.7 Å². The smallest absolute Gasteiger partial charge is 0.338 e. The normalized spacial score (nSPS) is 14.2. The molecule has 7 heteroatoms. The molecule has 7 nitrogen and oxygen atoms in total. The molecule has 3 aromatic carbocycles. The van der Waals surface area contributed by atoms with Crippen LogP contribution in [0.1, 0.15) is 46.8 Å². The van der Waals surface area contributed by atoms with Gasteiger partial charge in [0.05, 0.1) is 11.3 Å². The zero-order valence-corrected chi connectivity index (χ0v) is 20.2. The molecule has 5 rings (SSSR count). The van der Waals surface area contributed by atoms with Crippen molar-refractivity contribution >= 4 is 35.2 Å². The Morgan fingerprint density at radius 3 is 2.56 bits per heavy atom. The number of ether oxygens (including phenoxy) is 1. The Morgan fingerprint density at radius 1 is 1.03 bits per heavy atom. The summed E-state index contributed by atoms with van der Waals surface area (Å²) in [5.41, 5.74) is 19.2. The van der Waals surface area contributed by atoms with E-state index >= 15 is 0 Å². The molecule has 0 radical (unpaired) electrons. The molecule has 0 aliphatic carbocycles. The van der Waals surface area contributed by atoms with Crippen LogP contribution in [0.15, 0.2) is 71.2 Å². The number of aliphatic imine (C=N–C) groups is 1. The fourth-order valence-corrected chi connectivity index (χ4v) is 4.57. The number of fused-ring (bicyclic) bond motifs is 2. The van der Waals surface area contributed by atoms with Gasteiger partial charge in [0, 0.05) is 41.9 Å². The monoisotopic (exact) mass is 480 g/mol. The summed E-state index contributed by atoms with van der Waals surface area (Å²) in [6.07, 6.45) is 3.00. The number of rotatable bonds is 6. The highest BCUT2D eigenvalue weighted by Gasteiger charge is 2.23. The molecule has 0 saturated carbocycles. The summed E-state index contributed by atoms with van der Waals surface area (Å²) in [6.45, 7) is 3.49. The van der Waals surface area contributed by atoms with Gasteiger partial charge in [-0.25, -0.2) is 9.79 Å². The van der Waals surface area contributed by atoms with Crippen molar-refractivity contribution < 1.29 is 14.3 Å². The van der Waals surface area contributed by atoms with Gasteiger partial charge in [0.15, 0.2) is 0 Å². The number of amides is 1. The topological polar surface area (TPSA) is 111 Å². The number of carbonyl (C=O) groups is 2. The molecular weight excluding hydrogens is 452 g/mol. The number of nitrogen functional groups attached to an aromatic ring is 1. The Balaban J connectivity index is 1.44. The van der Waals surface area contributed by atoms with Crippen molar-refractivity contribution in [1.82, 2.24) is 4.90 Å². The maximum absolute atomic E-state index is 13.6. The van der Waals surface area contributed by atoms with Gasteiger partial charge in [-0.2, -0.15) is 0 Å². The first-order chi connectivity index (χ1) is 17.4.